The van der Waals surface area contributed by atoms with Gasteiger partial charge in [0.05, 0.1) is 7.11 Å². The maximum Gasteiger partial charge on any atom is 0.242 e. The highest BCUT2D eigenvalue weighted by Gasteiger charge is 2.27. The summed E-state index contributed by atoms with van der Waals surface area (Å²) in [5, 5.41) is 2.94. The molecule has 5 nitrogen and oxygen atoms in total. The molecule has 0 aromatic heterocycles. The van der Waals surface area contributed by atoms with Crippen molar-refractivity contribution in [3.05, 3.63) is 29.8 Å². The summed E-state index contributed by atoms with van der Waals surface area (Å²) in [5.74, 6) is 1.01. The van der Waals surface area contributed by atoms with E-state index in [-0.39, 0.29) is 11.8 Å². The third-order valence-electron chi connectivity index (χ3n) is 3.86. The number of hydrogen-bond acceptors (Lipinski definition) is 3. The largest absolute Gasteiger partial charge is 0.497 e. The lowest BCUT2D eigenvalue weighted by atomic mass is 10.1. The molecule has 1 atom stereocenters. The van der Waals surface area contributed by atoms with Gasteiger partial charge in [-0.3, -0.25) is 9.59 Å². The molecule has 134 valence electrons. The number of rotatable bonds is 9. The van der Waals surface area contributed by atoms with Crippen LogP contribution in [-0.2, 0) is 16.1 Å². The van der Waals surface area contributed by atoms with Crippen molar-refractivity contribution in [2.75, 3.05) is 13.7 Å². The van der Waals surface area contributed by atoms with Gasteiger partial charge >= 0.3 is 0 Å². The predicted molar refractivity (Wildman–Crippen MR) is 95.8 cm³/mol. The minimum absolute atomic E-state index is 0.0237. The molecule has 0 radical (unpaired) electrons. The molecule has 0 aliphatic rings. The van der Waals surface area contributed by atoms with Crippen LogP contribution in [0, 0.1) is 5.92 Å². The Bertz CT molecular complexity index is 543. The van der Waals surface area contributed by atoms with E-state index < -0.39 is 6.04 Å². The Balaban J connectivity index is 2.96. The first-order chi connectivity index (χ1) is 11.4. The maximum atomic E-state index is 12.5. The second kappa shape index (κ2) is 9.96. The van der Waals surface area contributed by atoms with Gasteiger partial charge in [-0.05, 0) is 30.0 Å². The number of nitrogens with zero attached hydrogens (tertiary/aromatic N) is 1. The lowest BCUT2D eigenvalue weighted by Gasteiger charge is -2.30. The first-order valence-electron chi connectivity index (χ1n) is 8.62. The molecule has 1 N–H and O–H groups in total. The molecular formula is C19H30N2O3. The second-order valence-electron chi connectivity index (χ2n) is 6.29. The lowest BCUT2D eigenvalue weighted by molar-refractivity contribution is -0.141. The maximum absolute atomic E-state index is 12.5. The number of ether oxygens (including phenoxy) is 1. The highest BCUT2D eigenvalue weighted by molar-refractivity contribution is 5.87. The number of carbonyl (C=O) groups is 2. The van der Waals surface area contributed by atoms with Crippen molar-refractivity contribution < 1.29 is 14.3 Å². The summed E-state index contributed by atoms with van der Waals surface area (Å²) in [6.07, 6.45) is 0.956. The Kier molecular flexibility index (Phi) is 8.30. The van der Waals surface area contributed by atoms with E-state index in [1.807, 2.05) is 52.0 Å². The van der Waals surface area contributed by atoms with E-state index in [0.717, 1.165) is 11.3 Å². The Hall–Kier alpha value is -2.04. The van der Waals surface area contributed by atoms with Crippen LogP contribution in [0.25, 0.3) is 0 Å². The Morgan fingerprint density at radius 2 is 1.96 bits per heavy atom. The van der Waals surface area contributed by atoms with E-state index in [1.54, 1.807) is 12.0 Å². The van der Waals surface area contributed by atoms with Gasteiger partial charge in [0.1, 0.15) is 11.8 Å². The predicted octanol–water partition coefficient (Wildman–Crippen LogP) is 2.98. The van der Waals surface area contributed by atoms with E-state index in [0.29, 0.717) is 31.8 Å². The van der Waals surface area contributed by atoms with Gasteiger partial charge in [0.25, 0.3) is 0 Å². The van der Waals surface area contributed by atoms with Crippen molar-refractivity contribution in [2.24, 2.45) is 5.92 Å². The summed E-state index contributed by atoms with van der Waals surface area (Å²) in [7, 11) is 1.61. The van der Waals surface area contributed by atoms with Gasteiger partial charge in [-0.25, -0.2) is 0 Å². The minimum atomic E-state index is -0.456. The highest BCUT2D eigenvalue weighted by Crippen LogP contribution is 2.17. The molecule has 0 aliphatic heterocycles. The van der Waals surface area contributed by atoms with Gasteiger partial charge in [0.2, 0.25) is 11.8 Å². The molecule has 0 fully saturated rings. The molecule has 0 saturated heterocycles. The fourth-order valence-electron chi connectivity index (χ4n) is 2.51. The zero-order valence-corrected chi connectivity index (χ0v) is 15.5. The summed E-state index contributed by atoms with van der Waals surface area (Å²) >= 11 is 0. The Morgan fingerprint density at radius 1 is 1.25 bits per heavy atom. The molecule has 2 amide bonds. The SMILES string of the molecule is CCC(=O)N(Cc1cccc(OC)c1)[C@@H](CC)C(=O)NCC(C)C. The fraction of sp³-hybridized carbons (Fsp3) is 0.579. The summed E-state index contributed by atoms with van der Waals surface area (Å²) in [6, 6.07) is 7.14. The molecule has 1 aromatic rings. The van der Waals surface area contributed by atoms with E-state index in [2.05, 4.69) is 5.32 Å². The number of nitrogens with one attached hydrogen (secondary N) is 1. The number of amides is 2. The smallest absolute Gasteiger partial charge is 0.242 e. The van der Waals surface area contributed by atoms with Crippen molar-refractivity contribution >= 4 is 11.8 Å². The van der Waals surface area contributed by atoms with Gasteiger partial charge in [-0.1, -0.05) is 39.8 Å². The van der Waals surface area contributed by atoms with Crippen LogP contribution in [0.15, 0.2) is 24.3 Å². The molecule has 5 heteroatoms. The van der Waals surface area contributed by atoms with E-state index in [1.165, 1.54) is 0 Å². The average molecular weight is 334 g/mol. The van der Waals surface area contributed by atoms with Crippen molar-refractivity contribution in [1.29, 1.82) is 0 Å². The van der Waals surface area contributed by atoms with Crippen molar-refractivity contribution in [3.63, 3.8) is 0 Å². The third kappa shape index (κ3) is 5.87. The number of methoxy groups -OCH3 is 1. The quantitative estimate of drug-likeness (QED) is 0.755. The number of hydrogen-bond donors (Lipinski definition) is 1. The molecule has 0 heterocycles. The standard InChI is InChI=1S/C19H30N2O3/c1-6-17(19(23)20-12-14(3)4)21(18(22)7-2)13-15-9-8-10-16(11-15)24-5/h8-11,14,17H,6-7,12-13H2,1-5H3,(H,20,23)/t17-/m0/s1. The topological polar surface area (TPSA) is 58.6 Å². The Labute approximate surface area is 145 Å². The minimum Gasteiger partial charge on any atom is -0.497 e. The van der Waals surface area contributed by atoms with Crippen molar-refractivity contribution in [1.82, 2.24) is 10.2 Å². The normalized spacial score (nSPS) is 11.9. The molecule has 0 aliphatic carbocycles. The van der Waals surface area contributed by atoms with Crippen LogP contribution in [0.1, 0.15) is 46.1 Å². The summed E-state index contributed by atoms with van der Waals surface area (Å²) < 4.78 is 5.24. The molecule has 1 aromatic carbocycles. The van der Waals surface area contributed by atoms with E-state index in [4.69, 9.17) is 4.74 Å². The molecule has 0 unspecified atom stereocenters. The highest BCUT2D eigenvalue weighted by atomic mass is 16.5. The van der Waals surface area contributed by atoms with Gasteiger partial charge in [0, 0.05) is 19.5 Å². The number of carbonyl (C=O) groups excluding carboxylic acids is 2. The van der Waals surface area contributed by atoms with Crippen LogP contribution in [0.4, 0.5) is 0 Å². The first-order valence-corrected chi connectivity index (χ1v) is 8.62. The lowest BCUT2D eigenvalue weighted by Crippen LogP contribution is -2.49. The van der Waals surface area contributed by atoms with E-state index >= 15 is 0 Å². The van der Waals surface area contributed by atoms with Crippen LogP contribution in [-0.4, -0.2) is 36.4 Å². The van der Waals surface area contributed by atoms with Crippen LogP contribution in [0.2, 0.25) is 0 Å². The van der Waals surface area contributed by atoms with Crippen LogP contribution < -0.4 is 10.1 Å². The van der Waals surface area contributed by atoms with Crippen molar-refractivity contribution in [2.45, 2.75) is 53.1 Å². The Morgan fingerprint density at radius 3 is 2.50 bits per heavy atom. The van der Waals surface area contributed by atoms with Crippen LogP contribution in [0.3, 0.4) is 0 Å². The van der Waals surface area contributed by atoms with Gasteiger partial charge in [0.15, 0.2) is 0 Å². The van der Waals surface area contributed by atoms with Crippen LogP contribution in [0.5, 0.6) is 5.75 Å². The summed E-state index contributed by atoms with van der Waals surface area (Å²) in [4.78, 5) is 26.6. The zero-order chi connectivity index (χ0) is 18.1. The van der Waals surface area contributed by atoms with Gasteiger partial charge < -0.3 is 15.0 Å². The first kappa shape index (κ1) is 20.0. The molecule has 0 bridgehead atoms. The van der Waals surface area contributed by atoms with Crippen molar-refractivity contribution in [3.8, 4) is 5.75 Å². The zero-order valence-electron chi connectivity index (χ0n) is 15.5. The fourth-order valence-corrected chi connectivity index (χ4v) is 2.51. The molecule has 0 saturated carbocycles. The summed E-state index contributed by atoms with van der Waals surface area (Å²) in [5.41, 5.74) is 0.950. The monoisotopic (exact) mass is 334 g/mol. The van der Waals surface area contributed by atoms with E-state index in [9.17, 15) is 9.59 Å². The second-order valence-corrected chi connectivity index (χ2v) is 6.29. The van der Waals surface area contributed by atoms with Crippen LogP contribution >= 0.6 is 0 Å². The number of benzene rings is 1. The van der Waals surface area contributed by atoms with Gasteiger partial charge in [-0.15, -0.1) is 0 Å². The molecule has 1 rings (SSSR count). The summed E-state index contributed by atoms with van der Waals surface area (Å²) in [6.45, 7) is 8.86. The molecule has 0 spiro atoms. The van der Waals surface area contributed by atoms with Gasteiger partial charge in [-0.2, -0.15) is 0 Å². The molecule has 24 heavy (non-hydrogen) atoms. The molecular weight excluding hydrogens is 304 g/mol. The average Bonchev–Trinajstić information content (AvgIpc) is 2.59. The third-order valence-corrected chi connectivity index (χ3v) is 3.86.